The molecular formula is C40H47N3O6. The van der Waals surface area contributed by atoms with Gasteiger partial charge >= 0.3 is 0 Å². The van der Waals surface area contributed by atoms with Crippen molar-refractivity contribution in [2.24, 2.45) is 0 Å². The Labute approximate surface area is 289 Å². The topological polar surface area (TPSA) is 73.9 Å². The van der Waals surface area contributed by atoms with Crippen molar-refractivity contribution in [2.75, 3.05) is 62.7 Å². The molecule has 258 valence electrons. The van der Waals surface area contributed by atoms with E-state index in [9.17, 15) is 0 Å². The lowest BCUT2D eigenvalue weighted by Crippen LogP contribution is -2.35. The lowest BCUT2D eigenvalue weighted by Gasteiger charge is -2.38. The minimum atomic E-state index is -0.0314. The highest BCUT2D eigenvalue weighted by Crippen LogP contribution is 2.54. The van der Waals surface area contributed by atoms with Crippen LogP contribution in [0.4, 0.5) is 0 Å². The van der Waals surface area contributed by atoms with Gasteiger partial charge in [0.15, 0.2) is 34.5 Å². The Morgan fingerprint density at radius 2 is 1.39 bits per heavy atom. The number of nitrogens with one attached hydrogen (secondary N) is 1. The Hall–Kier alpha value is -4.44. The summed E-state index contributed by atoms with van der Waals surface area (Å²) in [5, 5.41) is 3.37. The minimum Gasteiger partial charge on any atom is -0.493 e. The highest BCUT2D eigenvalue weighted by molar-refractivity contribution is 5.67. The number of benzene rings is 4. The minimum absolute atomic E-state index is 0.0314. The van der Waals surface area contributed by atoms with E-state index < -0.39 is 0 Å². The fourth-order valence-corrected chi connectivity index (χ4v) is 7.87. The van der Waals surface area contributed by atoms with Crippen molar-refractivity contribution in [1.82, 2.24) is 15.1 Å². The first-order valence-corrected chi connectivity index (χ1v) is 17.0. The van der Waals surface area contributed by atoms with Crippen molar-refractivity contribution >= 4 is 0 Å². The molecule has 0 unspecified atom stereocenters. The summed E-state index contributed by atoms with van der Waals surface area (Å²) in [4.78, 5) is 4.84. The lowest BCUT2D eigenvalue weighted by molar-refractivity contribution is 0.219. The summed E-state index contributed by atoms with van der Waals surface area (Å²) in [6.45, 7) is 2.47. The summed E-state index contributed by atoms with van der Waals surface area (Å²) < 4.78 is 37.7. The Balaban J connectivity index is 1.50. The van der Waals surface area contributed by atoms with Gasteiger partial charge in [-0.15, -0.1) is 0 Å². The van der Waals surface area contributed by atoms with E-state index in [-0.39, 0.29) is 12.1 Å². The lowest BCUT2D eigenvalue weighted by atomic mass is 9.84. The smallest absolute Gasteiger partial charge is 0.204 e. The second-order valence-corrected chi connectivity index (χ2v) is 13.2. The van der Waals surface area contributed by atoms with E-state index in [2.05, 4.69) is 77.7 Å². The largest absolute Gasteiger partial charge is 0.493 e. The highest BCUT2D eigenvalue weighted by atomic mass is 16.5. The predicted molar refractivity (Wildman–Crippen MR) is 190 cm³/mol. The van der Waals surface area contributed by atoms with Crippen LogP contribution in [0.15, 0.2) is 54.6 Å². The van der Waals surface area contributed by atoms with Crippen LogP contribution in [0.5, 0.6) is 46.0 Å². The molecule has 4 aromatic carbocycles. The molecule has 8 rings (SSSR count). The van der Waals surface area contributed by atoms with Gasteiger partial charge in [-0.2, -0.15) is 0 Å². The van der Waals surface area contributed by atoms with E-state index >= 15 is 0 Å². The molecule has 4 heterocycles. The number of methoxy groups -OCH3 is 4. The number of nitrogens with zero attached hydrogens (tertiary/aromatic N) is 2. The van der Waals surface area contributed by atoms with Gasteiger partial charge in [-0.25, -0.2) is 0 Å². The van der Waals surface area contributed by atoms with Gasteiger partial charge in [0.25, 0.3) is 0 Å². The number of hydrogen-bond acceptors (Lipinski definition) is 9. The van der Waals surface area contributed by atoms with Crippen molar-refractivity contribution in [3.8, 4) is 46.0 Å². The van der Waals surface area contributed by atoms with Crippen LogP contribution >= 0.6 is 0 Å². The average Bonchev–Trinajstić information content (AvgIpc) is 3.11. The predicted octanol–water partition coefficient (Wildman–Crippen LogP) is 6.88. The zero-order chi connectivity index (χ0) is 34.2. The first-order valence-electron chi connectivity index (χ1n) is 17.0. The van der Waals surface area contributed by atoms with Gasteiger partial charge in [-0.05, 0) is 111 Å². The third kappa shape index (κ3) is 6.05. The molecular weight excluding hydrogens is 618 g/mol. The number of ether oxygens (including phenoxy) is 6. The van der Waals surface area contributed by atoms with E-state index in [4.69, 9.17) is 28.4 Å². The molecule has 9 nitrogen and oxygen atoms in total. The van der Waals surface area contributed by atoms with Gasteiger partial charge in [0.2, 0.25) is 5.75 Å². The quantitative estimate of drug-likeness (QED) is 0.237. The Morgan fingerprint density at radius 3 is 2.10 bits per heavy atom. The van der Waals surface area contributed by atoms with Crippen LogP contribution < -0.4 is 33.7 Å². The molecule has 0 fully saturated rings. The summed E-state index contributed by atoms with van der Waals surface area (Å²) in [5.41, 5.74) is 8.27. The van der Waals surface area contributed by atoms with Gasteiger partial charge < -0.3 is 33.7 Å². The van der Waals surface area contributed by atoms with Crippen LogP contribution in [-0.2, 0) is 32.2 Å². The molecule has 0 saturated carbocycles. The molecule has 0 radical (unpaired) electrons. The Bertz CT molecular complexity index is 1840. The van der Waals surface area contributed by atoms with Gasteiger partial charge in [0.1, 0.15) is 5.75 Å². The maximum Gasteiger partial charge on any atom is 0.204 e. The zero-order valence-electron chi connectivity index (χ0n) is 29.6. The summed E-state index contributed by atoms with van der Waals surface area (Å²) in [6.07, 6.45) is 3.33. The number of fused-ring (bicyclic) bond motifs is 2. The summed E-state index contributed by atoms with van der Waals surface area (Å²) in [5.74, 6) is 5.43. The van der Waals surface area contributed by atoms with Crippen LogP contribution in [0.25, 0.3) is 0 Å². The summed E-state index contributed by atoms with van der Waals surface area (Å²) >= 11 is 0. The van der Waals surface area contributed by atoms with Crippen LogP contribution in [-0.4, -0.2) is 72.5 Å². The van der Waals surface area contributed by atoms with Gasteiger partial charge in [-0.3, -0.25) is 9.80 Å². The van der Waals surface area contributed by atoms with Crippen LogP contribution in [0, 0.1) is 0 Å². The molecule has 4 aliphatic rings. The number of likely N-dealkylation sites (N-methyl/N-ethyl adjacent to an activating group) is 2. The van der Waals surface area contributed by atoms with Crippen LogP contribution in [0.3, 0.4) is 0 Å². The third-order valence-electron chi connectivity index (χ3n) is 10.5. The first-order chi connectivity index (χ1) is 23.9. The molecule has 9 heteroatoms. The zero-order valence-corrected chi connectivity index (χ0v) is 29.6. The maximum absolute atomic E-state index is 7.14. The van der Waals surface area contributed by atoms with Gasteiger partial charge in [0.05, 0.1) is 28.4 Å². The van der Waals surface area contributed by atoms with Crippen molar-refractivity contribution in [1.29, 1.82) is 0 Å². The molecule has 49 heavy (non-hydrogen) atoms. The molecule has 0 aliphatic carbocycles. The second kappa shape index (κ2) is 13.8. The first kappa shape index (κ1) is 33.1. The second-order valence-electron chi connectivity index (χ2n) is 13.2. The SMILES string of the molecule is CNCc1c2c3c(c(OC)c1OC)Oc1cc4c(cc1OC)CCN(C)[C@H]4Cc1ccc(cc1)Oc1cc(ccc1OC)C[C@@H]3N(C)CC2. The highest BCUT2D eigenvalue weighted by Gasteiger charge is 2.37. The van der Waals surface area contributed by atoms with Crippen molar-refractivity contribution in [2.45, 2.75) is 44.3 Å². The molecule has 0 spiro atoms. The molecule has 1 N–H and O–H groups in total. The van der Waals surface area contributed by atoms with E-state index in [1.807, 2.05) is 13.1 Å². The average molecular weight is 666 g/mol. The molecule has 6 bridgehead atoms. The van der Waals surface area contributed by atoms with Crippen molar-refractivity contribution in [3.05, 3.63) is 93.5 Å². The Kier molecular flexibility index (Phi) is 9.33. The van der Waals surface area contributed by atoms with E-state index in [1.165, 1.54) is 22.3 Å². The Morgan fingerprint density at radius 1 is 0.714 bits per heavy atom. The normalized spacial score (nSPS) is 18.8. The molecule has 0 aromatic heterocycles. The molecule has 4 aromatic rings. The number of rotatable bonds is 6. The molecule has 0 amide bonds. The van der Waals surface area contributed by atoms with E-state index in [0.29, 0.717) is 53.2 Å². The third-order valence-corrected chi connectivity index (χ3v) is 10.5. The number of hydrogen-bond donors (Lipinski definition) is 1. The fourth-order valence-electron chi connectivity index (χ4n) is 7.87. The summed E-state index contributed by atoms with van der Waals surface area (Å²) in [6, 6.07) is 19.1. The van der Waals surface area contributed by atoms with Crippen molar-refractivity contribution in [3.63, 3.8) is 0 Å². The molecule has 4 aliphatic heterocycles. The van der Waals surface area contributed by atoms with Crippen molar-refractivity contribution < 1.29 is 28.4 Å². The van der Waals surface area contributed by atoms with E-state index in [1.54, 1.807) is 28.4 Å². The van der Waals surface area contributed by atoms with Gasteiger partial charge in [0, 0.05) is 42.8 Å². The summed E-state index contributed by atoms with van der Waals surface area (Å²) in [7, 11) is 13.1. The van der Waals surface area contributed by atoms with Gasteiger partial charge in [-0.1, -0.05) is 18.2 Å². The molecule has 0 saturated heterocycles. The standard InChI is InChI=1S/C40H47N3O6/c1-41-23-30-28-15-17-43(3)32-19-25-10-13-33(44-4)35(20-25)48-27-11-8-24(9-12-27)18-31-29-22-36(34(45-5)21-26(29)14-16-42(31)2)49-39(37(28)32)40(47-7)38(30)46-6/h8-13,20-22,31-32,41H,14-19,23H2,1-7H3/t31-,32-/m0/s1. The maximum atomic E-state index is 7.14. The van der Waals surface area contributed by atoms with Crippen LogP contribution in [0.2, 0.25) is 0 Å². The van der Waals surface area contributed by atoms with E-state index in [0.717, 1.165) is 54.8 Å². The molecule has 2 atom stereocenters. The van der Waals surface area contributed by atoms with Crippen LogP contribution in [0.1, 0.15) is 51.0 Å². The fraction of sp³-hybridized carbons (Fsp3) is 0.400. The monoisotopic (exact) mass is 665 g/mol.